The molecule has 1 heterocycles. The zero-order chi connectivity index (χ0) is 13.4. The Hall–Kier alpha value is -0.160. The second-order valence-corrected chi connectivity index (χ2v) is 5.76. The quantitative estimate of drug-likeness (QED) is 0.669. The van der Waals surface area contributed by atoms with E-state index in [2.05, 4.69) is 31.0 Å². The Balaban J connectivity index is 2.20. The molecule has 1 aliphatic heterocycles. The van der Waals surface area contributed by atoms with Gasteiger partial charge in [-0.05, 0) is 26.7 Å². The Labute approximate surface area is 112 Å². The molecule has 1 fully saturated rings. The van der Waals surface area contributed by atoms with Crippen molar-refractivity contribution in [2.24, 2.45) is 0 Å². The fraction of sp³-hybridized carbons (Fsp3) is 1.00. The molecule has 4 heteroatoms. The van der Waals surface area contributed by atoms with E-state index in [4.69, 9.17) is 9.47 Å². The van der Waals surface area contributed by atoms with Gasteiger partial charge in [-0.25, -0.2) is 0 Å². The molecule has 1 atom stereocenters. The number of ether oxygens (including phenoxy) is 2. The Morgan fingerprint density at radius 2 is 2.06 bits per heavy atom. The lowest BCUT2D eigenvalue weighted by Gasteiger charge is -2.44. The third-order valence-corrected chi connectivity index (χ3v) is 3.57. The average Bonchev–Trinajstić information content (AvgIpc) is 2.33. The van der Waals surface area contributed by atoms with Crippen molar-refractivity contribution in [3.63, 3.8) is 0 Å². The Bertz CT molecular complexity index is 222. The van der Waals surface area contributed by atoms with E-state index >= 15 is 0 Å². The van der Waals surface area contributed by atoms with E-state index in [0.29, 0.717) is 19.3 Å². The number of methoxy groups -OCH3 is 1. The van der Waals surface area contributed by atoms with Crippen molar-refractivity contribution in [1.29, 1.82) is 0 Å². The lowest BCUT2D eigenvalue weighted by atomic mass is 9.97. The monoisotopic (exact) mass is 258 g/mol. The molecule has 0 amide bonds. The highest BCUT2D eigenvalue weighted by Crippen LogP contribution is 2.17. The van der Waals surface area contributed by atoms with Crippen LogP contribution >= 0.6 is 0 Å². The van der Waals surface area contributed by atoms with Crippen LogP contribution < -0.4 is 5.32 Å². The lowest BCUT2D eigenvalue weighted by Crippen LogP contribution is -2.61. The van der Waals surface area contributed by atoms with Crippen LogP contribution in [0.1, 0.15) is 33.6 Å². The van der Waals surface area contributed by atoms with E-state index in [1.807, 2.05) is 0 Å². The molecule has 0 saturated carbocycles. The van der Waals surface area contributed by atoms with Gasteiger partial charge in [-0.15, -0.1) is 0 Å². The van der Waals surface area contributed by atoms with Crippen molar-refractivity contribution in [2.75, 3.05) is 46.6 Å². The van der Waals surface area contributed by atoms with Gasteiger partial charge in [0.05, 0.1) is 13.2 Å². The molecular weight excluding hydrogens is 228 g/mol. The third kappa shape index (κ3) is 5.65. The molecule has 0 aliphatic carbocycles. The highest BCUT2D eigenvalue weighted by molar-refractivity contribution is 4.91. The van der Waals surface area contributed by atoms with Crippen molar-refractivity contribution in [3.8, 4) is 0 Å². The molecule has 18 heavy (non-hydrogen) atoms. The molecule has 108 valence electrons. The molecule has 0 spiro atoms. The summed E-state index contributed by atoms with van der Waals surface area (Å²) in [6, 6.07) is 0.678. The second kappa shape index (κ2) is 8.10. The van der Waals surface area contributed by atoms with Crippen LogP contribution in [0.5, 0.6) is 0 Å². The largest absolute Gasteiger partial charge is 0.382 e. The van der Waals surface area contributed by atoms with Crippen molar-refractivity contribution >= 4 is 0 Å². The summed E-state index contributed by atoms with van der Waals surface area (Å²) in [6.07, 6.45) is 2.32. The molecule has 1 N–H and O–H groups in total. The normalized spacial score (nSPS) is 24.3. The average molecular weight is 258 g/mol. The second-order valence-electron chi connectivity index (χ2n) is 5.76. The fourth-order valence-corrected chi connectivity index (χ4v) is 2.49. The number of piperazine rings is 1. The van der Waals surface area contributed by atoms with Crippen LogP contribution in [0.3, 0.4) is 0 Å². The predicted octanol–water partition coefficient (Wildman–Crippen LogP) is 1.50. The smallest absolute Gasteiger partial charge is 0.0700 e. The Morgan fingerprint density at radius 3 is 2.72 bits per heavy atom. The molecule has 0 radical (unpaired) electrons. The molecule has 1 saturated heterocycles. The van der Waals surface area contributed by atoms with Crippen LogP contribution in [-0.2, 0) is 9.47 Å². The minimum Gasteiger partial charge on any atom is -0.382 e. The highest BCUT2D eigenvalue weighted by atomic mass is 16.5. The highest BCUT2D eigenvalue weighted by Gasteiger charge is 2.30. The van der Waals surface area contributed by atoms with Gasteiger partial charge in [0.25, 0.3) is 0 Å². The summed E-state index contributed by atoms with van der Waals surface area (Å²) in [5.74, 6) is 0. The van der Waals surface area contributed by atoms with Gasteiger partial charge in [0, 0.05) is 44.9 Å². The number of hydrogen-bond donors (Lipinski definition) is 1. The zero-order valence-corrected chi connectivity index (χ0v) is 12.5. The van der Waals surface area contributed by atoms with Gasteiger partial charge in [0.15, 0.2) is 0 Å². The first kappa shape index (κ1) is 15.9. The maximum absolute atomic E-state index is 5.52. The first-order chi connectivity index (χ1) is 8.59. The summed E-state index contributed by atoms with van der Waals surface area (Å²) in [4.78, 5) is 2.61. The minimum absolute atomic E-state index is 0.239. The molecule has 1 rings (SSSR count). The van der Waals surface area contributed by atoms with Gasteiger partial charge in [0.1, 0.15) is 0 Å². The van der Waals surface area contributed by atoms with Gasteiger partial charge in [0.2, 0.25) is 0 Å². The minimum atomic E-state index is 0.239. The summed E-state index contributed by atoms with van der Waals surface area (Å²) in [5, 5.41) is 3.62. The van der Waals surface area contributed by atoms with Crippen LogP contribution in [0.15, 0.2) is 0 Å². The van der Waals surface area contributed by atoms with Gasteiger partial charge in [-0.3, -0.25) is 4.90 Å². The number of rotatable bonds is 8. The van der Waals surface area contributed by atoms with Crippen molar-refractivity contribution in [2.45, 2.75) is 45.2 Å². The van der Waals surface area contributed by atoms with E-state index in [1.165, 1.54) is 6.42 Å². The van der Waals surface area contributed by atoms with E-state index in [1.54, 1.807) is 7.11 Å². The number of nitrogens with one attached hydrogen (secondary N) is 1. The maximum Gasteiger partial charge on any atom is 0.0700 e. The molecule has 1 aliphatic rings. The summed E-state index contributed by atoms with van der Waals surface area (Å²) in [6.45, 7) is 12.4. The zero-order valence-electron chi connectivity index (χ0n) is 12.5. The summed E-state index contributed by atoms with van der Waals surface area (Å²) in [7, 11) is 1.71. The predicted molar refractivity (Wildman–Crippen MR) is 75.0 cm³/mol. The Morgan fingerprint density at radius 1 is 1.28 bits per heavy atom. The van der Waals surface area contributed by atoms with Crippen LogP contribution in [0.4, 0.5) is 0 Å². The van der Waals surface area contributed by atoms with Gasteiger partial charge < -0.3 is 14.8 Å². The number of hydrogen-bond acceptors (Lipinski definition) is 4. The van der Waals surface area contributed by atoms with Crippen molar-refractivity contribution < 1.29 is 9.47 Å². The number of nitrogens with zero attached hydrogens (tertiary/aromatic N) is 1. The topological polar surface area (TPSA) is 33.7 Å². The first-order valence-electron chi connectivity index (χ1n) is 7.15. The lowest BCUT2D eigenvalue weighted by molar-refractivity contribution is 0.0510. The van der Waals surface area contributed by atoms with Crippen molar-refractivity contribution in [1.82, 2.24) is 10.2 Å². The standard InChI is InChI=1S/C14H30N2O2/c1-5-13-11-15-14(2,3)12-16(13)7-6-8-18-10-9-17-4/h13,15H,5-12H2,1-4H3. The summed E-state index contributed by atoms with van der Waals surface area (Å²) in [5.41, 5.74) is 0.239. The van der Waals surface area contributed by atoms with Gasteiger partial charge in [-0.2, -0.15) is 0 Å². The molecular formula is C14H30N2O2. The van der Waals surface area contributed by atoms with Crippen LogP contribution in [0, 0.1) is 0 Å². The van der Waals surface area contributed by atoms with E-state index in [-0.39, 0.29) is 5.54 Å². The molecule has 0 aromatic rings. The van der Waals surface area contributed by atoms with Crippen LogP contribution in [-0.4, -0.2) is 63.0 Å². The SMILES string of the molecule is CCC1CNC(C)(C)CN1CCCOCCOC. The van der Waals surface area contributed by atoms with Crippen LogP contribution in [0.2, 0.25) is 0 Å². The summed E-state index contributed by atoms with van der Waals surface area (Å²) >= 11 is 0. The van der Waals surface area contributed by atoms with E-state index in [9.17, 15) is 0 Å². The van der Waals surface area contributed by atoms with Crippen LogP contribution in [0.25, 0.3) is 0 Å². The molecule has 1 unspecified atom stereocenters. The summed E-state index contributed by atoms with van der Waals surface area (Å²) < 4.78 is 10.5. The molecule has 0 aromatic carbocycles. The third-order valence-electron chi connectivity index (χ3n) is 3.57. The fourth-order valence-electron chi connectivity index (χ4n) is 2.49. The van der Waals surface area contributed by atoms with Gasteiger partial charge >= 0.3 is 0 Å². The molecule has 0 aromatic heterocycles. The van der Waals surface area contributed by atoms with E-state index in [0.717, 1.165) is 32.7 Å². The molecule has 4 nitrogen and oxygen atoms in total. The van der Waals surface area contributed by atoms with Gasteiger partial charge in [-0.1, -0.05) is 6.92 Å². The molecule has 0 bridgehead atoms. The Kier molecular flexibility index (Phi) is 7.15. The first-order valence-corrected chi connectivity index (χ1v) is 7.15. The van der Waals surface area contributed by atoms with E-state index < -0.39 is 0 Å². The van der Waals surface area contributed by atoms with Crippen molar-refractivity contribution in [3.05, 3.63) is 0 Å². The maximum atomic E-state index is 5.52.